The molecule has 1 aliphatic heterocycles. The number of imidazole rings is 1. The molecule has 2 aromatic rings. The van der Waals surface area contributed by atoms with Crippen LogP contribution < -0.4 is 5.73 Å². The normalized spacial score (nSPS) is 21.4. The quantitative estimate of drug-likeness (QED) is 0.756. The highest BCUT2D eigenvalue weighted by Crippen LogP contribution is 2.37. The maximum Gasteiger partial charge on any atom is 0.241 e. The molecule has 2 atom stereocenters. The van der Waals surface area contributed by atoms with Crippen LogP contribution in [0.15, 0.2) is 36.5 Å². The Labute approximate surface area is 172 Å². The van der Waals surface area contributed by atoms with Crippen molar-refractivity contribution in [3.05, 3.63) is 42.4 Å². The largest absolute Gasteiger partial charge is 0.331 e. The van der Waals surface area contributed by atoms with Gasteiger partial charge in [-0.3, -0.25) is 4.79 Å². The van der Waals surface area contributed by atoms with Crippen LogP contribution in [0.1, 0.15) is 50.4 Å². The molecule has 1 aromatic carbocycles. The van der Waals surface area contributed by atoms with Crippen LogP contribution in [0.5, 0.6) is 0 Å². The van der Waals surface area contributed by atoms with E-state index in [2.05, 4.69) is 35.5 Å². The Morgan fingerprint density at radius 1 is 1.18 bits per heavy atom. The SMILES string of the molecule is N[C@@H](CS)C(=O)N1CCn2cc(-c3ccccc3)nc2[C@H]1CC1CCCCC1. The van der Waals surface area contributed by atoms with Crippen molar-refractivity contribution in [3.8, 4) is 11.3 Å². The highest BCUT2D eigenvalue weighted by Gasteiger charge is 2.36. The molecule has 150 valence electrons. The Morgan fingerprint density at radius 2 is 1.93 bits per heavy atom. The fourth-order valence-corrected chi connectivity index (χ4v) is 4.82. The van der Waals surface area contributed by atoms with Crippen LogP contribution in [-0.2, 0) is 11.3 Å². The first kappa shape index (κ1) is 19.5. The first-order valence-electron chi connectivity index (χ1n) is 10.5. The van der Waals surface area contributed by atoms with Crippen molar-refractivity contribution < 1.29 is 4.79 Å². The number of carbonyl (C=O) groups is 1. The van der Waals surface area contributed by atoms with E-state index in [4.69, 9.17) is 10.7 Å². The Kier molecular flexibility index (Phi) is 6.07. The molecule has 6 heteroatoms. The van der Waals surface area contributed by atoms with Crippen molar-refractivity contribution in [3.63, 3.8) is 0 Å². The average Bonchev–Trinajstić information content (AvgIpc) is 3.19. The number of aromatic nitrogens is 2. The molecule has 2 aliphatic rings. The lowest BCUT2D eigenvalue weighted by Crippen LogP contribution is -2.50. The smallest absolute Gasteiger partial charge is 0.241 e. The van der Waals surface area contributed by atoms with Gasteiger partial charge in [-0.1, -0.05) is 62.4 Å². The molecule has 2 heterocycles. The van der Waals surface area contributed by atoms with Gasteiger partial charge < -0.3 is 15.2 Å². The molecule has 0 saturated heterocycles. The van der Waals surface area contributed by atoms with Gasteiger partial charge in [0, 0.05) is 30.6 Å². The Bertz CT molecular complexity index is 800. The van der Waals surface area contributed by atoms with Crippen LogP contribution >= 0.6 is 12.6 Å². The zero-order valence-corrected chi connectivity index (χ0v) is 17.2. The molecule has 28 heavy (non-hydrogen) atoms. The van der Waals surface area contributed by atoms with E-state index in [9.17, 15) is 4.79 Å². The lowest BCUT2D eigenvalue weighted by atomic mass is 9.84. The van der Waals surface area contributed by atoms with E-state index in [1.54, 1.807) is 0 Å². The molecule has 1 amide bonds. The molecule has 4 rings (SSSR count). The predicted molar refractivity (Wildman–Crippen MR) is 115 cm³/mol. The summed E-state index contributed by atoms with van der Waals surface area (Å²) in [5.74, 6) is 2.04. The molecular formula is C22H30N4OS. The summed E-state index contributed by atoms with van der Waals surface area (Å²) >= 11 is 4.25. The number of fused-ring (bicyclic) bond motifs is 1. The second-order valence-corrected chi connectivity index (χ2v) is 8.49. The zero-order chi connectivity index (χ0) is 19.5. The van der Waals surface area contributed by atoms with Gasteiger partial charge in [-0.15, -0.1) is 0 Å². The van der Waals surface area contributed by atoms with E-state index in [1.807, 2.05) is 23.1 Å². The molecule has 0 radical (unpaired) electrons. The predicted octanol–water partition coefficient (Wildman–Crippen LogP) is 3.66. The number of amides is 1. The van der Waals surface area contributed by atoms with Gasteiger partial charge in [0.05, 0.1) is 17.8 Å². The molecule has 0 bridgehead atoms. The number of nitrogens with two attached hydrogens (primary N) is 1. The van der Waals surface area contributed by atoms with Crippen LogP contribution in [0.3, 0.4) is 0 Å². The maximum atomic E-state index is 13.0. The summed E-state index contributed by atoms with van der Waals surface area (Å²) in [7, 11) is 0. The maximum absolute atomic E-state index is 13.0. The molecule has 1 fully saturated rings. The van der Waals surface area contributed by atoms with Crippen molar-refractivity contribution in [2.24, 2.45) is 11.7 Å². The minimum atomic E-state index is -0.549. The molecule has 1 aromatic heterocycles. The van der Waals surface area contributed by atoms with Gasteiger partial charge in [0.25, 0.3) is 0 Å². The monoisotopic (exact) mass is 398 g/mol. The third kappa shape index (κ3) is 3.98. The summed E-state index contributed by atoms with van der Waals surface area (Å²) in [4.78, 5) is 20.0. The van der Waals surface area contributed by atoms with Crippen molar-refractivity contribution in [1.29, 1.82) is 0 Å². The van der Waals surface area contributed by atoms with Crippen LogP contribution in [-0.4, -0.2) is 38.7 Å². The van der Waals surface area contributed by atoms with Gasteiger partial charge in [0.1, 0.15) is 5.82 Å². The lowest BCUT2D eigenvalue weighted by Gasteiger charge is -2.39. The number of thiol groups is 1. The van der Waals surface area contributed by atoms with Gasteiger partial charge in [-0.25, -0.2) is 4.98 Å². The average molecular weight is 399 g/mol. The summed E-state index contributed by atoms with van der Waals surface area (Å²) < 4.78 is 2.24. The van der Waals surface area contributed by atoms with Gasteiger partial charge >= 0.3 is 0 Å². The topological polar surface area (TPSA) is 64.2 Å². The second-order valence-electron chi connectivity index (χ2n) is 8.12. The van der Waals surface area contributed by atoms with E-state index < -0.39 is 6.04 Å². The second kappa shape index (κ2) is 8.70. The van der Waals surface area contributed by atoms with Gasteiger partial charge in [-0.05, 0) is 12.3 Å². The van der Waals surface area contributed by atoms with Crippen molar-refractivity contribution in [2.45, 2.75) is 57.2 Å². The van der Waals surface area contributed by atoms with Gasteiger partial charge in [0.2, 0.25) is 5.91 Å². The molecular weight excluding hydrogens is 368 g/mol. The van der Waals surface area contributed by atoms with Gasteiger partial charge in [0.15, 0.2) is 0 Å². The van der Waals surface area contributed by atoms with Gasteiger partial charge in [-0.2, -0.15) is 12.6 Å². The van der Waals surface area contributed by atoms with Crippen molar-refractivity contribution in [1.82, 2.24) is 14.5 Å². The Morgan fingerprint density at radius 3 is 2.64 bits per heavy atom. The third-order valence-electron chi connectivity index (χ3n) is 6.21. The fourth-order valence-electron chi connectivity index (χ4n) is 4.66. The molecule has 5 nitrogen and oxygen atoms in total. The Hall–Kier alpha value is -1.79. The molecule has 2 N–H and O–H groups in total. The first-order valence-corrected chi connectivity index (χ1v) is 11.1. The first-order chi connectivity index (χ1) is 13.7. The third-order valence-corrected chi connectivity index (χ3v) is 6.60. The fraction of sp³-hybridized carbons (Fsp3) is 0.545. The molecule has 1 saturated carbocycles. The standard InChI is InChI=1S/C22H30N4OS/c23-18(15-28)22(27)26-12-11-25-14-19(17-9-5-2-6-10-17)24-21(25)20(26)13-16-7-3-1-4-8-16/h2,5-6,9-10,14,16,18,20,28H,1,3-4,7-8,11-13,15,23H2/t18-,20+/m0/s1. The number of nitrogens with zero attached hydrogens (tertiary/aromatic N) is 3. The number of hydrogen-bond acceptors (Lipinski definition) is 4. The summed E-state index contributed by atoms with van der Waals surface area (Å²) in [6.07, 6.45) is 9.56. The van der Waals surface area contributed by atoms with Crippen molar-refractivity contribution in [2.75, 3.05) is 12.3 Å². The summed E-state index contributed by atoms with van der Waals surface area (Å²) in [5, 5.41) is 0. The van der Waals surface area contributed by atoms with Crippen LogP contribution in [0.25, 0.3) is 11.3 Å². The Balaban J connectivity index is 1.66. The number of carbonyl (C=O) groups excluding carboxylic acids is 1. The highest BCUT2D eigenvalue weighted by molar-refractivity contribution is 7.80. The minimum absolute atomic E-state index is 0.00585. The lowest BCUT2D eigenvalue weighted by molar-refractivity contribution is -0.136. The van der Waals surface area contributed by atoms with E-state index in [0.29, 0.717) is 18.2 Å². The molecule has 1 aliphatic carbocycles. The van der Waals surface area contributed by atoms with E-state index in [0.717, 1.165) is 30.0 Å². The highest BCUT2D eigenvalue weighted by atomic mass is 32.1. The zero-order valence-electron chi connectivity index (χ0n) is 16.3. The summed E-state index contributed by atoms with van der Waals surface area (Å²) in [5.41, 5.74) is 8.16. The van der Waals surface area contributed by atoms with Crippen LogP contribution in [0, 0.1) is 5.92 Å². The minimum Gasteiger partial charge on any atom is -0.331 e. The van der Waals surface area contributed by atoms with E-state index in [-0.39, 0.29) is 11.9 Å². The molecule has 0 spiro atoms. The van der Waals surface area contributed by atoms with Crippen molar-refractivity contribution >= 4 is 18.5 Å². The molecule has 0 unspecified atom stereocenters. The number of hydrogen-bond donors (Lipinski definition) is 2. The van der Waals surface area contributed by atoms with Crippen LogP contribution in [0.4, 0.5) is 0 Å². The van der Waals surface area contributed by atoms with E-state index in [1.165, 1.54) is 32.1 Å². The number of rotatable bonds is 5. The number of benzene rings is 1. The van der Waals surface area contributed by atoms with Crippen LogP contribution in [0.2, 0.25) is 0 Å². The van der Waals surface area contributed by atoms with E-state index >= 15 is 0 Å². The summed E-state index contributed by atoms with van der Waals surface area (Å²) in [6, 6.07) is 9.72. The summed E-state index contributed by atoms with van der Waals surface area (Å²) in [6.45, 7) is 1.46.